The molecule has 10 heteroatoms. The highest BCUT2D eigenvalue weighted by atomic mass is 28.4. The Morgan fingerprint density at radius 3 is 2.00 bits per heavy atom. The Hall–Kier alpha value is -1.23. The number of benzene rings is 1. The number of hydrogen-bond acceptors (Lipinski definition) is 4. The highest BCUT2D eigenvalue weighted by Crippen LogP contribution is 2.27. The number of hydrogen-bond donors (Lipinski definition) is 1. The van der Waals surface area contributed by atoms with Crippen molar-refractivity contribution in [1.29, 1.82) is 0 Å². The first-order chi connectivity index (χ1) is 12.0. The third kappa shape index (κ3) is 6.49. The molecule has 0 unspecified atom stereocenters. The summed E-state index contributed by atoms with van der Waals surface area (Å²) in [7, 11) is -3.45. The van der Waals surface area contributed by atoms with Crippen molar-refractivity contribution in [1.82, 2.24) is 0 Å². The largest absolute Gasteiger partial charge is 0.498 e. The van der Waals surface area contributed by atoms with Crippen LogP contribution in [0.3, 0.4) is 0 Å². The number of unbranched alkanes of at least 4 members (excludes halogenated alkanes) is 1. The first-order valence-corrected chi connectivity index (χ1v) is 10.3. The van der Waals surface area contributed by atoms with E-state index in [-0.39, 0.29) is 42.3 Å². The average molecular weight is 401 g/mol. The Kier molecular flexibility index (Phi) is 8.45. The van der Waals surface area contributed by atoms with E-state index >= 15 is 0 Å². The molecular weight excluding hydrogens is 377 g/mol. The average Bonchev–Trinajstić information content (AvgIpc) is 2.51. The van der Waals surface area contributed by atoms with Gasteiger partial charge in [-0.3, -0.25) is 0 Å². The van der Waals surface area contributed by atoms with Crippen LogP contribution in [0.5, 0.6) is 0 Å². The maximum atomic E-state index is 14.0. The third-order valence-electron chi connectivity index (χ3n) is 3.28. The Labute approximate surface area is 150 Å². The minimum absolute atomic E-state index is 0.120. The molecule has 0 atom stereocenters. The normalized spacial score (nSPS) is 12.3. The predicted molar refractivity (Wildman–Crippen MR) is 89.2 cm³/mol. The molecule has 1 N–H and O–H groups in total. The fourth-order valence-corrected chi connectivity index (χ4v) is 4.80. The second-order valence-corrected chi connectivity index (χ2v) is 8.81. The van der Waals surface area contributed by atoms with Crippen LogP contribution in [-0.4, -0.2) is 32.4 Å². The van der Waals surface area contributed by atoms with Gasteiger partial charge in [-0.15, -0.1) is 0 Å². The van der Waals surface area contributed by atoms with Crippen LogP contribution in [0.1, 0.15) is 40.5 Å². The summed E-state index contributed by atoms with van der Waals surface area (Å²) in [6.45, 7) is 6.56. The molecule has 0 amide bonds. The van der Waals surface area contributed by atoms with Gasteiger partial charge in [0.15, 0.2) is 23.3 Å². The molecule has 0 saturated heterocycles. The van der Waals surface area contributed by atoms with Gasteiger partial charge in [0.2, 0.25) is 0 Å². The van der Waals surface area contributed by atoms with E-state index in [0.29, 0.717) is 0 Å². The summed E-state index contributed by atoms with van der Waals surface area (Å²) < 4.78 is 77.6. The van der Waals surface area contributed by atoms with Crippen LogP contribution in [-0.2, 0) is 8.85 Å². The summed E-state index contributed by atoms with van der Waals surface area (Å²) in [5.41, 5.74) is -1.02. The zero-order chi connectivity index (χ0) is 20.1. The second kappa shape index (κ2) is 9.63. The zero-order valence-electron chi connectivity index (χ0n) is 15.2. The first-order valence-electron chi connectivity index (χ1n) is 8.31. The molecule has 1 rings (SSSR count). The van der Waals surface area contributed by atoms with Gasteiger partial charge in [0.1, 0.15) is 5.69 Å². The summed E-state index contributed by atoms with van der Waals surface area (Å²) in [6.07, 6.45) is -0.129. The molecule has 0 spiro atoms. The Morgan fingerprint density at radius 2 is 1.50 bits per heavy atom. The van der Waals surface area contributed by atoms with Gasteiger partial charge in [-0.05, 0) is 40.5 Å². The number of nitrogens with zero attached hydrogens (tertiary/aromatic N) is 1. The second-order valence-electron chi connectivity index (χ2n) is 6.41. The molecule has 0 aliphatic carbocycles. The van der Waals surface area contributed by atoms with Crippen LogP contribution in [0.4, 0.5) is 27.7 Å². The maximum absolute atomic E-state index is 14.0. The van der Waals surface area contributed by atoms with Gasteiger partial charge in [0.25, 0.3) is 0 Å². The molecule has 1 aromatic rings. The van der Waals surface area contributed by atoms with Crippen molar-refractivity contribution >= 4 is 14.5 Å². The molecule has 0 saturated carbocycles. The summed E-state index contributed by atoms with van der Waals surface area (Å²) in [6, 6.07) is 0.397. The molecule has 0 heterocycles. The maximum Gasteiger partial charge on any atom is 0.498 e. The molecule has 0 aliphatic heterocycles. The van der Waals surface area contributed by atoms with E-state index in [2.05, 4.69) is 0 Å². The van der Waals surface area contributed by atoms with E-state index in [1.807, 2.05) is 0 Å². The molecule has 1 aromatic carbocycles. The fraction of sp³-hybridized carbons (Fsp3) is 0.625. The monoisotopic (exact) mass is 401 g/mol. The van der Waals surface area contributed by atoms with Crippen molar-refractivity contribution in [3.63, 3.8) is 0 Å². The quantitative estimate of drug-likeness (QED) is 0.157. The zero-order valence-corrected chi connectivity index (χ0v) is 16.2. The van der Waals surface area contributed by atoms with Crippen molar-refractivity contribution in [3.05, 3.63) is 29.3 Å². The van der Waals surface area contributed by atoms with E-state index in [0.717, 1.165) is 0 Å². The van der Waals surface area contributed by atoms with Crippen LogP contribution in [0.2, 0.25) is 6.04 Å². The van der Waals surface area contributed by atoms with Gasteiger partial charge in [0.05, 0.1) is 6.54 Å². The smallest absolute Gasteiger partial charge is 0.390 e. The van der Waals surface area contributed by atoms with Crippen LogP contribution in [0.15, 0.2) is 6.07 Å². The van der Waals surface area contributed by atoms with Crippen LogP contribution in [0, 0.1) is 23.3 Å². The predicted octanol–water partition coefficient (Wildman–Crippen LogP) is 4.50. The van der Waals surface area contributed by atoms with Crippen molar-refractivity contribution < 1.29 is 35.7 Å². The summed E-state index contributed by atoms with van der Waals surface area (Å²) in [5, 5.41) is -0.200. The Balaban J connectivity index is 2.64. The Morgan fingerprint density at radius 1 is 0.962 bits per heavy atom. The van der Waals surface area contributed by atoms with Crippen LogP contribution < -0.4 is 5.12 Å². The highest BCUT2D eigenvalue weighted by Gasteiger charge is 2.38. The molecule has 0 fully saturated rings. The van der Waals surface area contributed by atoms with Crippen molar-refractivity contribution in [3.8, 4) is 0 Å². The lowest BCUT2D eigenvalue weighted by molar-refractivity contribution is 0.0472. The van der Waals surface area contributed by atoms with E-state index < -0.39 is 44.3 Å². The fourth-order valence-electron chi connectivity index (χ4n) is 2.34. The Bertz CT molecular complexity index is 594. The standard InChI is InChI=1S/C16H24F5NO3Si/c1-10(2)24-26(23,25-11(3)4)8-6-5-7-22(21)13-9-12(17)14(18)16(20)15(13)19/h9-11,23H,5-8H2,1-4H3. The molecule has 26 heavy (non-hydrogen) atoms. The van der Waals surface area contributed by atoms with Gasteiger partial charge < -0.3 is 13.6 Å². The molecule has 4 nitrogen and oxygen atoms in total. The van der Waals surface area contributed by atoms with Gasteiger partial charge in [0, 0.05) is 24.3 Å². The van der Waals surface area contributed by atoms with Crippen LogP contribution in [0.25, 0.3) is 0 Å². The van der Waals surface area contributed by atoms with Crippen molar-refractivity contribution in [2.45, 2.75) is 58.8 Å². The van der Waals surface area contributed by atoms with Gasteiger partial charge in [-0.2, -0.15) is 0 Å². The lowest BCUT2D eigenvalue weighted by Crippen LogP contribution is -2.46. The summed E-state index contributed by atoms with van der Waals surface area (Å²) >= 11 is 0. The molecule has 0 bridgehead atoms. The number of halogens is 5. The number of anilines is 1. The molecule has 150 valence electrons. The first kappa shape index (κ1) is 22.8. The summed E-state index contributed by atoms with van der Waals surface area (Å²) in [4.78, 5) is 10.5. The molecule has 0 radical (unpaired) electrons. The van der Waals surface area contributed by atoms with E-state index in [4.69, 9.17) is 8.85 Å². The lowest BCUT2D eigenvalue weighted by Gasteiger charge is -2.28. The number of rotatable bonds is 10. The van der Waals surface area contributed by atoms with Crippen molar-refractivity contribution in [2.75, 3.05) is 11.7 Å². The van der Waals surface area contributed by atoms with Gasteiger partial charge in [-0.25, -0.2) is 22.7 Å². The molecule has 0 aliphatic rings. The van der Waals surface area contributed by atoms with E-state index in [1.54, 1.807) is 27.7 Å². The molecular formula is C16H24F5NO3Si. The van der Waals surface area contributed by atoms with Gasteiger partial charge >= 0.3 is 8.80 Å². The summed E-state index contributed by atoms with van der Waals surface area (Å²) in [5.74, 6) is -7.55. The third-order valence-corrected chi connectivity index (χ3v) is 5.95. The minimum atomic E-state index is -3.45. The highest BCUT2D eigenvalue weighted by molar-refractivity contribution is 6.59. The minimum Gasteiger partial charge on any atom is -0.390 e. The SMILES string of the molecule is CC(C)O[Si](O)(CCCCN(F)c1cc(F)c(F)c(F)c1F)OC(C)C. The van der Waals surface area contributed by atoms with E-state index in [9.17, 15) is 26.8 Å². The lowest BCUT2D eigenvalue weighted by atomic mass is 10.2. The van der Waals surface area contributed by atoms with Crippen molar-refractivity contribution in [2.24, 2.45) is 0 Å². The topological polar surface area (TPSA) is 41.9 Å². The van der Waals surface area contributed by atoms with E-state index in [1.165, 1.54) is 0 Å². The molecule has 0 aromatic heterocycles. The van der Waals surface area contributed by atoms with Gasteiger partial charge in [-0.1, -0.05) is 4.48 Å². The van der Waals surface area contributed by atoms with Crippen LogP contribution >= 0.6 is 0 Å².